The second-order valence-electron chi connectivity index (χ2n) is 6.56. The third-order valence-corrected chi connectivity index (χ3v) is 4.45. The molecule has 0 saturated heterocycles. The first-order chi connectivity index (χ1) is 12.2. The van der Waals surface area contributed by atoms with Crippen molar-refractivity contribution in [1.29, 1.82) is 0 Å². The van der Waals surface area contributed by atoms with Gasteiger partial charge in [0.1, 0.15) is 0 Å². The van der Waals surface area contributed by atoms with Crippen LogP contribution in [0.5, 0.6) is 0 Å². The Balaban J connectivity index is 1.58. The van der Waals surface area contributed by atoms with Crippen LogP contribution in [0.1, 0.15) is 43.2 Å². The van der Waals surface area contributed by atoms with Gasteiger partial charge in [0, 0.05) is 26.2 Å². The van der Waals surface area contributed by atoms with Crippen LogP contribution in [0.2, 0.25) is 0 Å². The Morgan fingerprint density at radius 1 is 1.32 bits per heavy atom. The predicted octanol–water partition coefficient (Wildman–Crippen LogP) is 3.66. The third kappa shape index (κ3) is 4.29. The van der Waals surface area contributed by atoms with Crippen molar-refractivity contribution in [2.75, 3.05) is 20.1 Å². The number of nitrogens with zero attached hydrogens (tertiary/aromatic N) is 3. The summed E-state index contributed by atoms with van der Waals surface area (Å²) in [6, 6.07) is 12.6. The molecule has 0 unspecified atom stereocenters. The topological polar surface area (TPSA) is 53.7 Å². The Bertz CT molecular complexity index is 746. The zero-order valence-corrected chi connectivity index (χ0v) is 15.2. The minimum absolute atomic E-state index is 0.375. The van der Waals surface area contributed by atoms with Crippen LogP contribution in [0.4, 0.5) is 0 Å². The maximum atomic E-state index is 5.39. The summed E-state index contributed by atoms with van der Waals surface area (Å²) in [5.41, 5.74) is 3.71. The van der Waals surface area contributed by atoms with Crippen LogP contribution < -0.4 is 5.32 Å². The van der Waals surface area contributed by atoms with Crippen molar-refractivity contribution >= 4 is 11.5 Å². The van der Waals surface area contributed by atoms with E-state index in [0.29, 0.717) is 12.5 Å². The lowest BCUT2D eigenvalue weighted by Gasteiger charge is -2.29. The Morgan fingerprint density at radius 3 is 2.72 bits per heavy atom. The van der Waals surface area contributed by atoms with Crippen molar-refractivity contribution in [3.8, 4) is 0 Å². The number of aromatic nitrogens is 1. The molecule has 5 heteroatoms. The lowest BCUT2D eigenvalue weighted by Crippen LogP contribution is -2.43. The molecule has 1 N–H and O–H groups in total. The summed E-state index contributed by atoms with van der Waals surface area (Å²) in [5, 5.41) is 7.47. The lowest BCUT2D eigenvalue weighted by atomic mass is 10.00. The summed E-state index contributed by atoms with van der Waals surface area (Å²) < 4.78 is 5.39. The molecule has 0 radical (unpaired) electrons. The molecular formula is C20H26N4O. The van der Waals surface area contributed by atoms with Gasteiger partial charge in [-0.1, -0.05) is 55.4 Å². The van der Waals surface area contributed by atoms with Crippen LogP contribution in [-0.2, 0) is 6.54 Å². The number of hydrogen-bond donors (Lipinski definition) is 1. The fraction of sp³-hybridized carbons (Fsp3) is 0.400. The Hall–Kier alpha value is -2.56. The SMILES string of the molecule is CN=C(NCc1cc(C(C)C)no1)N1CC=C(c2ccccc2)CC1. The molecule has 0 spiro atoms. The van der Waals surface area contributed by atoms with Gasteiger partial charge in [-0.15, -0.1) is 0 Å². The van der Waals surface area contributed by atoms with Gasteiger partial charge in [-0.05, 0) is 23.5 Å². The summed E-state index contributed by atoms with van der Waals surface area (Å²) in [4.78, 5) is 6.66. The molecule has 2 heterocycles. The first-order valence-electron chi connectivity index (χ1n) is 8.83. The van der Waals surface area contributed by atoms with Gasteiger partial charge in [0.05, 0.1) is 12.2 Å². The molecule has 1 aromatic carbocycles. The molecule has 1 aliphatic rings. The molecule has 0 bridgehead atoms. The van der Waals surface area contributed by atoms with Gasteiger partial charge in [-0.3, -0.25) is 4.99 Å². The fourth-order valence-corrected chi connectivity index (χ4v) is 2.96. The molecule has 3 rings (SSSR count). The second kappa shape index (κ2) is 8.01. The van der Waals surface area contributed by atoms with E-state index in [1.54, 1.807) is 0 Å². The molecule has 0 aliphatic carbocycles. The van der Waals surface area contributed by atoms with Crippen molar-refractivity contribution in [2.45, 2.75) is 32.7 Å². The monoisotopic (exact) mass is 338 g/mol. The van der Waals surface area contributed by atoms with E-state index in [2.05, 4.69) is 70.6 Å². The molecule has 0 saturated carbocycles. The number of benzene rings is 1. The van der Waals surface area contributed by atoms with Gasteiger partial charge >= 0.3 is 0 Å². The van der Waals surface area contributed by atoms with Crippen molar-refractivity contribution < 1.29 is 4.52 Å². The van der Waals surface area contributed by atoms with E-state index < -0.39 is 0 Å². The maximum absolute atomic E-state index is 5.39. The highest BCUT2D eigenvalue weighted by Gasteiger charge is 2.16. The summed E-state index contributed by atoms with van der Waals surface area (Å²) in [6.07, 6.45) is 3.31. The molecule has 0 atom stereocenters. The highest BCUT2D eigenvalue weighted by Crippen LogP contribution is 2.22. The minimum Gasteiger partial charge on any atom is -0.359 e. The fourth-order valence-electron chi connectivity index (χ4n) is 2.96. The summed E-state index contributed by atoms with van der Waals surface area (Å²) in [5.74, 6) is 2.11. The van der Waals surface area contributed by atoms with Crippen molar-refractivity contribution in [3.05, 3.63) is 59.5 Å². The highest BCUT2D eigenvalue weighted by molar-refractivity contribution is 5.81. The van der Waals surface area contributed by atoms with E-state index >= 15 is 0 Å². The largest absolute Gasteiger partial charge is 0.359 e. The van der Waals surface area contributed by atoms with Gasteiger partial charge < -0.3 is 14.7 Å². The van der Waals surface area contributed by atoms with Gasteiger partial charge in [-0.2, -0.15) is 0 Å². The van der Waals surface area contributed by atoms with Crippen LogP contribution in [0.25, 0.3) is 5.57 Å². The van der Waals surface area contributed by atoms with E-state index in [9.17, 15) is 0 Å². The molecule has 132 valence electrons. The third-order valence-electron chi connectivity index (χ3n) is 4.45. The molecule has 5 nitrogen and oxygen atoms in total. The number of nitrogens with one attached hydrogen (secondary N) is 1. The van der Waals surface area contributed by atoms with Gasteiger partial charge in [-0.25, -0.2) is 0 Å². The van der Waals surface area contributed by atoms with Gasteiger partial charge in [0.25, 0.3) is 0 Å². The first-order valence-corrected chi connectivity index (χ1v) is 8.83. The summed E-state index contributed by atoms with van der Waals surface area (Å²) >= 11 is 0. The molecule has 25 heavy (non-hydrogen) atoms. The molecule has 0 fully saturated rings. The molecular weight excluding hydrogens is 312 g/mol. The number of guanidine groups is 1. The zero-order valence-electron chi connectivity index (χ0n) is 15.2. The molecule has 2 aromatic rings. The average molecular weight is 338 g/mol. The van der Waals surface area contributed by atoms with Crippen LogP contribution in [0.15, 0.2) is 52.0 Å². The van der Waals surface area contributed by atoms with Crippen molar-refractivity contribution in [1.82, 2.24) is 15.4 Å². The molecule has 1 aliphatic heterocycles. The Kier molecular flexibility index (Phi) is 5.53. The minimum atomic E-state index is 0.375. The zero-order chi connectivity index (χ0) is 17.6. The Morgan fingerprint density at radius 2 is 2.12 bits per heavy atom. The quantitative estimate of drug-likeness (QED) is 0.683. The van der Waals surface area contributed by atoms with Crippen molar-refractivity contribution in [3.63, 3.8) is 0 Å². The highest BCUT2D eigenvalue weighted by atomic mass is 16.5. The second-order valence-corrected chi connectivity index (χ2v) is 6.56. The molecule has 0 amide bonds. The Labute approximate surface area is 149 Å². The van der Waals surface area contributed by atoms with Crippen LogP contribution in [-0.4, -0.2) is 36.2 Å². The number of aliphatic imine (C=N–C) groups is 1. The van der Waals surface area contributed by atoms with Gasteiger partial charge in [0.2, 0.25) is 0 Å². The van der Waals surface area contributed by atoms with Crippen LogP contribution in [0.3, 0.4) is 0 Å². The van der Waals surface area contributed by atoms with Crippen LogP contribution >= 0.6 is 0 Å². The summed E-state index contributed by atoms with van der Waals surface area (Å²) in [6.45, 7) is 6.63. The van der Waals surface area contributed by atoms with E-state index in [1.807, 2.05) is 13.1 Å². The van der Waals surface area contributed by atoms with E-state index in [4.69, 9.17) is 4.52 Å². The van der Waals surface area contributed by atoms with E-state index in [-0.39, 0.29) is 0 Å². The standard InChI is InChI=1S/C20H26N4O/c1-15(2)19-13-18(25-23-19)14-22-20(21-3)24-11-9-17(10-12-24)16-7-5-4-6-8-16/h4-9,13,15H,10-12,14H2,1-3H3,(H,21,22). The lowest BCUT2D eigenvalue weighted by molar-refractivity contribution is 0.367. The molecule has 1 aromatic heterocycles. The smallest absolute Gasteiger partial charge is 0.194 e. The summed E-state index contributed by atoms with van der Waals surface area (Å²) in [7, 11) is 1.82. The van der Waals surface area contributed by atoms with E-state index in [0.717, 1.165) is 36.9 Å². The van der Waals surface area contributed by atoms with Crippen molar-refractivity contribution in [2.24, 2.45) is 4.99 Å². The van der Waals surface area contributed by atoms with Crippen LogP contribution in [0, 0.1) is 0 Å². The first kappa shape index (κ1) is 17.3. The maximum Gasteiger partial charge on any atom is 0.194 e. The number of hydrogen-bond acceptors (Lipinski definition) is 3. The van der Waals surface area contributed by atoms with Gasteiger partial charge in [0.15, 0.2) is 11.7 Å². The normalized spacial score (nSPS) is 15.4. The predicted molar refractivity (Wildman–Crippen MR) is 101 cm³/mol. The average Bonchev–Trinajstić information content (AvgIpc) is 3.13. The van der Waals surface area contributed by atoms with E-state index in [1.165, 1.54) is 11.1 Å². The number of rotatable bonds is 4.